The third-order valence-electron chi connectivity index (χ3n) is 6.18. The number of alkyl halides is 15. The predicted octanol–water partition coefficient (Wildman–Crippen LogP) is 9.99. The fourth-order valence-electron chi connectivity index (χ4n) is 3.78. The molecule has 0 saturated carbocycles. The van der Waals surface area contributed by atoms with E-state index in [0.717, 1.165) is 0 Å². The average Bonchev–Trinajstić information content (AvgIpc) is 2.95. The summed E-state index contributed by atoms with van der Waals surface area (Å²) in [7, 11) is 0. The van der Waals surface area contributed by atoms with Crippen LogP contribution in [0.15, 0.2) is 91.0 Å². The molecule has 0 atom stereocenters. The van der Waals surface area contributed by atoms with Crippen LogP contribution in [-0.4, -0.2) is 48.3 Å². The van der Waals surface area contributed by atoms with Crippen LogP contribution in [0.1, 0.15) is 16.7 Å². The summed E-state index contributed by atoms with van der Waals surface area (Å²) in [6.45, 7) is -2.96. The van der Waals surface area contributed by atoms with Crippen molar-refractivity contribution in [2.24, 2.45) is 0 Å². The summed E-state index contributed by atoms with van der Waals surface area (Å²) in [6, 6.07) is 20.8. The fraction of sp³-hybridized carbons (Fsp3) is 0.286. The number of rotatable bonds is 11. The number of hydrogen-bond acceptors (Lipinski definition) is 1. The van der Waals surface area contributed by atoms with Gasteiger partial charge in [0.1, 0.15) is 5.76 Å². The largest absolute Gasteiger partial charge is 0.486 e. The summed E-state index contributed by atoms with van der Waals surface area (Å²) < 4.78 is 210. The Morgan fingerprint density at radius 2 is 0.727 bits per heavy atom. The van der Waals surface area contributed by atoms with Gasteiger partial charge in [-0.3, -0.25) is 0 Å². The number of hydrogen-bond donors (Lipinski definition) is 0. The minimum absolute atomic E-state index is 0.134. The lowest BCUT2D eigenvalue weighted by Gasteiger charge is -2.41. The first-order valence-electron chi connectivity index (χ1n) is 11.9. The van der Waals surface area contributed by atoms with Gasteiger partial charge in [-0.25, -0.2) is 0 Å². The van der Waals surface area contributed by atoms with Crippen molar-refractivity contribution in [3.63, 3.8) is 0 Å². The van der Waals surface area contributed by atoms with Crippen LogP contribution in [0.5, 0.6) is 0 Å². The predicted molar refractivity (Wildman–Crippen MR) is 127 cm³/mol. The van der Waals surface area contributed by atoms with Gasteiger partial charge in [0.05, 0.1) is 0 Å². The van der Waals surface area contributed by atoms with Crippen molar-refractivity contribution in [3.05, 3.63) is 108 Å². The molecule has 16 heteroatoms. The maximum absolute atomic E-state index is 14.7. The molecule has 0 amide bonds. The highest BCUT2D eigenvalue weighted by molar-refractivity contribution is 5.96. The van der Waals surface area contributed by atoms with E-state index >= 15 is 0 Å². The Morgan fingerprint density at radius 3 is 1.09 bits per heavy atom. The summed E-state index contributed by atoms with van der Waals surface area (Å²) in [6.07, 6.45) is -7.67. The molecule has 0 radical (unpaired) electrons. The Morgan fingerprint density at radius 1 is 0.409 bits per heavy atom. The van der Waals surface area contributed by atoms with Crippen LogP contribution in [0.4, 0.5) is 65.9 Å². The third-order valence-corrected chi connectivity index (χ3v) is 6.18. The van der Waals surface area contributed by atoms with Gasteiger partial charge in [-0.05, 0) is 11.1 Å². The molecule has 3 aromatic rings. The molecule has 0 fully saturated rings. The van der Waals surface area contributed by atoms with Gasteiger partial charge in [0, 0.05) is 11.1 Å². The zero-order valence-corrected chi connectivity index (χ0v) is 21.4. The topological polar surface area (TPSA) is 9.23 Å². The minimum Gasteiger partial charge on any atom is -0.486 e. The highest BCUT2D eigenvalue weighted by Gasteiger charge is 2.93. The van der Waals surface area contributed by atoms with Gasteiger partial charge in [0.2, 0.25) is 0 Å². The molecule has 3 rings (SSSR count). The van der Waals surface area contributed by atoms with E-state index in [1.54, 1.807) is 0 Å². The number of ether oxygens (including phenoxy) is 1. The fourth-order valence-corrected chi connectivity index (χ4v) is 3.78. The standard InChI is InChI=1S/C28H17F15O/c29-22(30,23(31,32)24(33,34)25(35,36)26(37,38)27(39,40)28(41,42)43)16-44-21(19-14-8-3-9-15-19)20(17-10-4-1-5-11-17)18-12-6-2-7-13-18/h1-15H,16H2. The van der Waals surface area contributed by atoms with Gasteiger partial charge < -0.3 is 4.74 Å². The molecule has 44 heavy (non-hydrogen) atoms. The van der Waals surface area contributed by atoms with Gasteiger partial charge in [-0.15, -0.1) is 0 Å². The van der Waals surface area contributed by atoms with Crippen molar-refractivity contribution in [2.75, 3.05) is 6.61 Å². The molecule has 1 nitrogen and oxygen atoms in total. The lowest BCUT2D eigenvalue weighted by atomic mass is 9.91. The van der Waals surface area contributed by atoms with E-state index < -0.39 is 54.1 Å². The van der Waals surface area contributed by atoms with Gasteiger partial charge in [-0.2, -0.15) is 65.9 Å². The van der Waals surface area contributed by atoms with Crippen LogP contribution in [0, 0.1) is 0 Å². The SMILES string of the molecule is FC(F)(F)C(F)(F)C(F)(F)C(F)(F)C(F)(F)C(F)(F)C(F)(F)COC(=C(c1ccccc1)c1ccccc1)c1ccccc1. The van der Waals surface area contributed by atoms with Crippen LogP contribution in [-0.2, 0) is 4.74 Å². The quantitative estimate of drug-likeness (QED) is 0.114. The molecule has 240 valence electrons. The minimum atomic E-state index is -8.37. The highest BCUT2D eigenvalue weighted by Crippen LogP contribution is 2.62. The molecular formula is C28H17F15O. The molecule has 0 saturated heterocycles. The number of halogens is 15. The molecule has 0 aliphatic carbocycles. The van der Waals surface area contributed by atoms with Gasteiger partial charge in [0.15, 0.2) is 6.61 Å². The van der Waals surface area contributed by atoms with Gasteiger partial charge in [0.25, 0.3) is 0 Å². The molecule has 0 aromatic heterocycles. The maximum atomic E-state index is 14.7. The van der Waals surface area contributed by atoms with E-state index in [2.05, 4.69) is 0 Å². The Labute approximate surface area is 238 Å². The molecule has 0 aliphatic heterocycles. The first-order chi connectivity index (χ1) is 20.0. The lowest BCUT2D eigenvalue weighted by molar-refractivity contribution is -0.453. The lowest BCUT2D eigenvalue weighted by Crippen LogP contribution is -2.73. The van der Waals surface area contributed by atoms with Crippen LogP contribution < -0.4 is 0 Å². The normalized spacial score (nSPS) is 13.9. The Kier molecular flexibility index (Phi) is 9.12. The van der Waals surface area contributed by atoms with E-state index in [0.29, 0.717) is 0 Å². The number of benzene rings is 3. The van der Waals surface area contributed by atoms with Crippen LogP contribution in [0.2, 0.25) is 0 Å². The summed E-state index contributed by atoms with van der Waals surface area (Å²) >= 11 is 0. The van der Waals surface area contributed by atoms with E-state index in [1.165, 1.54) is 91.0 Å². The van der Waals surface area contributed by atoms with Crippen LogP contribution in [0.3, 0.4) is 0 Å². The molecule has 0 aliphatic rings. The second kappa shape index (κ2) is 11.6. The van der Waals surface area contributed by atoms with Crippen molar-refractivity contribution in [2.45, 2.75) is 41.7 Å². The molecule has 0 bridgehead atoms. The van der Waals surface area contributed by atoms with Gasteiger partial charge in [-0.1, -0.05) is 91.0 Å². The van der Waals surface area contributed by atoms with Crippen LogP contribution in [0.25, 0.3) is 11.3 Å². The van der Waals surface area contributed by atoms with Crippen molar-refractivity contribution in [1.82, 2.24) is 0 Å². The van der Waals surface area contributed by atoms with E-state index in [-0.39, 0.29) is 22.3 Å². The van der Waals surface area contributed by atoms with Gasteiger partial charge >= 0.3 is 41.7 Å². The zero-order valence-electron chi connectivity index (χ0n) is 21.4. The Balaban J connectivity index is 2.14. The maximum Gasteiger partial charge on any atom is 0.460 e. The zero-order chi connectivity index (χ0) is 33.4. The van der Waals surface area contributed by atoms with Crippen molar-refractivity contribution < 1.29 is 70.6 Å². The highest BCUT2D eigenvalue weighted by atomic mass is 19.4. The molecule has 0 heterocycles. The Bertz CT molecular complexity index is 1390. The van der Waals surface area contributed by atoms with Crippen molar-refractivity contribution in [1.29, 1.82) is 0 Å². The second-order valence-electron chi connectivity index (χ2n) is 9.17. The Hall–Kier alpha value is -3.85. The van der Waals surface area contributed by atoms with E-state index in [1.807, 2.05) is 0 Å². The summed E-state index contributed by atoms with van der Waals surface area (Å²) in [4.78, 5) is 0. The molecule has 3 aromatic carbocycles. The monoisotopic (exact) mass is 654 g/mol. The molecular weight excluding hydrogens is 637 g/mol. The van der Waals surface area contributed by atoms with Crippen molar-refractivity contribution in [3.8, 4) is 0 Å². The third kappa shape index (κ3) is 5.70. The van der Waals surface area contributed by atoms with Crippen molar-refractivity contribution >= 4 is 11.3 Å². The smallest absolute Gasteiger partial charge is 0.460 e. The summed E-state index contributed by atoms with van der Waals surface area (Å²) in [5, 5.41) is 0. The molecule has 0 unspecified atom stereocenters. The first-order valence-corrected chi connectivity index (χ1v) is 11.9. The summed E-state index contributed by atoms with van der Waals surface area (Å²) in [5.41, 5.74) is 0.0322. The van der Waals surface area contributed by atoms with E-state index in [4.69, 9.17) is 4.74 Å². The van der Waals surface area contributed by atoms with Crippen LogP contribution >= 0.6 is 0 Å². The van der Waals surface area contributed by atoms with E-state index in [9.17, 15) is 65.9 Å². The second-order valence-corrected chi connectivity index (χ2v) is 9.17. The molecule has 0 spiro atoms. The molecule has 0 N–H and O–H groups in total. The first kappa shape index (κ1) is 34.6. The average molecular weight is 654 g/mol. The summed E-state index contributed by atoms with van der Waals surface area (Å²) in [5.74, 6) is -47.9.